The summed E-state index contributed by atoms with van der Waals surface area (Å²) in [6, 6.07) is 16.3. The molecule has 5 nitrogen and oxygen atoms in total. The van der Waals surface area contributed by atoms with E-state index in [9.17, 15) is 9.59 Å². The smallest absolute Gasteiger partial charge is 0.322 e. The summed E-state index contributed by atoms with van der Waals surface area (Å²) in [5.74, 6) is -0.350. The Labute approximate surface area is 140 Å². The molecule has 0 aromatic heterocycles. The predicted molar refractivity (Wildman–Crippen MR) is 92.1 cm³/mol. The molecule has 120 valence electrons. The number of nitrogens with one attached hydrogen (secondary N) is 2. The van der Waals surface area contributed by atoms with Crippen LogP contribution >= 0.6 is 11.8 Å². The monoisotopic (exact) mass is 329 g/mol. The highest BCUT2D eigenvalue weighted by Crippen LogP contribution is 2.15. The second kappa shape index (κ2) is 8.24. The van der Waals surface area contributed by atoms with Crippen molar-refractivity contribution < 1.29 is 9.59 Å². The van der Waals surface area contributed by atoms with Crippen molar-refractivity contribution in [3.8, 4) is 0 Å². The van der Waals surface area contributed by atoms with Gasteiger partial charge in [-0.2, -0.15) is 0 Å². The molecule has 0 saturated heterocycles. The van der Waals surface area contributed by atoms with Crippen molar-refractivity contribution in [1.29, 1.82) is 0 Å². The molecule has 0 aliphatic heterocycles. The molecule has 23 heavy (non-hydrogen) atoms. The zero-order valence-electron chi connectivity index (χ0n) is 13.1. The lowest BCUT2D eigenvalue weighted by Gasteiger charge is -2.18. The molecule has 0 aliphatic rings. The van der Waals surface area contributed by atoms with Crippen molar-refractivity contribution in [2.75, 3.05) is 13.3 Å². The zero-order valence-corrected chi connectivity index (χ0v) is 13.9. The van der Waals surface area contributed by atoms with Gasteiger partial charge < -0.3 is 4.90 Å². The number of thioether (sulfide) groups is 1. The normalized spacial score (nSPS) is 10.0. The molecule has 0 atom stereocenters. The number of carbonyl (C=O) groups is 2. The minimum absolute atomic E-state index is 0.350. The molecule has 0 saturated carbocycles. The summed E-state index contributed by atoms with van der Waals surface area (Å²) in [5.41, 5.74) is 6.32. The summed E-state index contributed by atoms with van der Waals surface area (Å²) in [6.45, 7) is 0.460. The fraction of sp³-hybridized carbons (Fsp3) is 0.176. The molecule has 0 bridgehead atoms. The first kappa shape index (κ1) is 16.9. The lowest BCUT2D eigenvalue weighted by atomic mass is 10.2. The summed E-state index contributed by atoms with van der Waals surface area (Å²) in [5, 5.41) is 0. The van der Waals surface area contributed by atoms with E-state index >= 15 is 0 Å². The summed E-state index contributed by atoms with van der Waals surface area (Å²) < 4.78 is 0. The third kappa shape index (κ3) is 5.03. The number of benzene rings is 2. The standard InChI is InChI=1S/C17H19N3O2S/c1-20(12-13-8-10-15(23-2)11-9-13)17(22)19-18-16(21)14-6-4-3-5-7-14/h3-11H,12H2,1-2H3,(H,18,21)(H,19,22). The number of hydrogen-bond acceptors (Lipinski definition) is 3. The third-order valence-electron chi connectivity index (χ3n) is 3.24. The maximum Gasteiger partial charge on any atom is 0.336 e. The van der Waals surface area contributed by atoms with Crippen LogP contribution in [0.2, 0.25) is 0 Å². The van der Waals surface area contributed by atoms with Gasteiger partial charge in [-0.15, -0.1) is 11.8 Å². The van der Waals surface area contributed by atoms with Gasteiger partial charge in [0, 0.05) is 24.1 Å². The van der Waals surface area contributed by atoms with Crippen LogP contribution < -0.4 is 10.9 Å². The first-order valence-electron chi connectivity index (χ1n) is 7.09. The third-order valence-corrected chi connectivity index (χ3v) is 3.99. The number of rotatable bonds is 4. The van der Waals surface area contributed by atoms with E-state index < -0.39 is 0 Å². The largest absolute Gasteiger partial charge is 0.336 e. The van der Waals surface area contributed by atoms with Crippen molar-refractivity contribution in [3.63, 3.8) is 0 Å². The van der Waals surface area contributed by atoms with Crippen LogP contribution in [-0.4, -0.2) is 30.1 Å². The Balaban J connectivity index is 1.83. The van der Waals surface area contributed by atoms with E-state index in [1.165, 1.54) is 9.80 Å². The van der Waals surface area contributed by atoms with E-state index in [1.807, 2.05) is 36.6 Å². The van der Waals surface area contributed by atoms with Crippen LogP contribution in [0.15, 0.2) is 59.5 Å². The van der Waals surface area contributed by atoms with E-state index in [-0.39, 0.29) is 11.9 Å². The highest BCUT2D eigenvalue weighted by molar-refractivity contribution is 7.98. The van der Waals surface area contributed by atoms with Crippen LogP contribution in [0.25, 0.3) is 0 Å². The fourth-order valence-corrected chi connectivity index (χ4v) is 2.35. The minimum Gasteiger partial charge on any atom is -0.322 e. The summed E-state index contributed by atoms with van der Waals surface area (Å²) >= 11 is 1.67. The highest BCUT2D eigenvalue weighted by Gasteiger charge is 2.11. The van der Waals surface area contributed by atoms with Crippen molar-refractivity contribution in [2.24, 2.45) is 0 Å². The number of hydrazine groups is 1. The SMILES string of the molecule is CSc1ccc(CN(C)C(=O)NNC(=O)c2ccccc2)cc1. The molecular formula is C17H19N3O2S. The topological polar surface area (TPSA) is 61.4 Å². The second-order valence-electron chi connectivity index (χ2n) is 4.95. The van der Waals surface area contributed by atoms with Crippen molar-refractivity contribution >= 4 is 23.7 Å². The second-order valence-corrected chi connectivity index (χ2v) is 5.83. The Kier molecular flexibility index (Phi) is 6.05. The molecule has 3 amide bonds. The van der Waals surface area contributed by atoms with E-state index in [4.69, 9.17) is 0 Å². The van der Waals surface area contributed by atoms with Crippen LogP contribution in [0.5, 0.6) is 0 Å². The first-order valence-corrected chi connectivity index (χ1v) is 8.32. The van der Waals surface area contributed by atoms with Crippen LogP contribution in [0, 0.1) is 0 Å². The molecule has 2 N–H and O–H groups in total. The van der Waals surface area contributed by atoms with Gasteiger partial charge in [0.2, 0.25) is 0 Å². The number of urea groups is 1. The lowest BCUT2D eigenvalue weighted by molar-refractivity contribution is 0.0931. The van der Waals surface area contributed by atoms with Crippen molar-refractivity contribution in [3.05, 3.63) is 65.7 Å². The number of amides is 3. The molecule has 2 rings (SSSR count). The Hall–Kier alpha value is -2.47. The highest BCUT2D eigenvalue weighted by atomic mass is 32.2. The average Bonchev–Trinajstić information content (AvgIpc) is 2.60. The Morgan fingerprint density at radius 3 is 2.26 bits per heavy atom. The van der Waals surface area contributed by atoms with E-state index in [1.54, 1.807) is 43.1 Å². The van der Waals surface area contributed by atoms with Gasteiger partial charge in [0.15, 0.2) is 0 Å². The van der Waals surface area contributed by atoms with Crippen LogP contribution in [0.3, 0.4) is 0 Å². The van der Waals surface area contributed by atoms with E-state index in [0.717, 1.165) is 5.56 Å². The molecule has 6 heteroatoms. The summed E-state index contributed by atoms with van der Waals surface area (Å²) in [7, 11) is 1.67. The fourth-order valence-electron chi connectivity index (χ4n) is 1.94. The van der Waals surface area contributed by atoms with Crippen LogP contribution in [0.4, 0.5) is 4.79 Å². The van der Waals surface area contributed by atoms with Gasteiger partial charge in [-0.25, -0.2) is 10.2 Å². The van der Waals surface area contributed by atoms with E-state index in [2.05, 4.69) is 10.9 Å². The number of hydrogen-bond donors (Lipinski definition) is 2. The van der Waals surface area contributed by atoms with Crippen LogP contribution in [-0.2, 0) is 6.54 Å². The van der Waals surface area contributed by atoms with Gasteiger partial charge in [0.1, 0.15) is 0 Å². The minimum atomic E-state index is -0.372. The Morgan fingerprint density at radius 1 is 1.00 bits per heavy atom. The summed E-state index contributed by atoms with van der Waals surface area (Å²) in [6.07, 6.45) is 2.02. The molecule has 2 aromatic carbocycles. The number of nitrogens with zero attached hydrogens (tertiary/aromatic N) is 1. The molecule has 0 unspecified atom stereocenters. The summed E-state index contributed by atoms with van der Waals surface area (Å²) in [4.78, 5) is 26.5. The lowest BCUT2D eigenvalue weighted by Crippen LogP contribution is -2.47. The maximum atomic E-state index is 12.0. The van der Waals surface area contributed by atoms with Crippen molar-refractivity contribution in [2.45, 2.75) is 11.4 Å². The van der Waals surface area contributed by atoms with Crippen molar-refractivity contribution in [1.82, 2.24) is 15.8 Å². The van der Waals surface area contributed by atoms with Gasteiger partial charge in [0.25, 0.3) is 5.91 Å². The molecule has 2 aromatic rings. The van der Waals surface area contributed by atoms with Gasteiger partial charge in [0.05, 0.1) is 0 Å². The van der Waals surface area contributed by atoms with Gasteiger partial charge >= 0.3 is 6.03 Å². The average molecular weight is 329 g/mol. The maximum absolute atomic E-state index is 12.0. The molecule has 0 spiro atoms. The van der Waals surface area contributed by atoms with Gasteiger partial charge in [-0.3, -0.25) is 10.2 Å². The Bertz CT molecular complexity index is 659. The molecule has 0 heterocycles. The number of carbonyl (C=O) groups excluding carboxylic acids is 2. The molecular weight excluding hydrogens is 310 g/mol. The molecule has 0 fully saturated rings. The molecule has 0 radical (unpaired) electrons. The quantitative estimate of drug-likeness (QED) is 0.670. The van der Waals surface area contributed by atoms with Crippen LogP contribution in [0.1, 0.15) is 15.9 Å². The van der Waals surface area contributed by atoms with E-state index in [0.29, 0.717) is 12.1 Å². The first-order chi connectivity index (χ1) is 11.1. The molecule has 0 aliphatic carbocycles. The zero-order chi connectivity index (χ0) is 16.7. The predicted octanol–water partition coefficient (Wildman–Crippen LogP) is 2.89. The van der Waals surface area contributed by atoms with Gasteiger partial charge in [-0.1, -0.05) is 30.3 Å². The Morgan fingerprint density at radius 2 is 1.65 bits per heavy atom. The van der Waals surface area contributed by atoms with Gasteiger partial charge in [-0.05, 0) is 36.1 Å².